The van der Waals surface area contributed by atoms with Crippen LogP contribution in [0, 0.1) is 17.0 Å². The fraction of sp³-hybridized carbons (Fsp3) is 0.296. The van der Waals surface area contributed by atoms with Gasteiger partial charge in [0.2, 0.25) is 5.95 Å². The molecule has 1 amide bonds. The number of rotatable bonds is 9. The van der Waals surface area contributed by atoms with E-state index in [1.807, 2.05) is 62.1 Å². The summed E-state index contributed by atoms with van der Waals surface area (Å²) in [7, 11) is 7.54. The first-order valence-electron chi connectivity index (χ1n) is 11.7. The second kappa shape index (κ2) is 11.3. The molecular weight excluding hydrogens is 484 g/mol. The number of anilines is 3. The van der Waals surface area contributed by atoms with Gasteiger partial charge in [-0.2, -0.15) is 0 Å². The number of hydrogen-bond acceptors (Lipinski definition) is 8. The van der Waals surface area contributed by atoms with Crippen LogP contribution in [-0.4, -0.2) is 64.5 Å². The van der Waals surface area contributed by atoms with Crippen molar-refractivity contribution in [2.24, 2.45) is 12.8 Å². The average molecular weight is 519 g/mol. The third-order valence-electron chi connectivity index (χ3n) is 6.31. The Morgan fingerprint density at radius 2 is 1.87 bits per heavy atom. The van der Waals surface area contributed by atoms with E-state index < -0.39 is 10.8 Å². The van der Waals surface area contributed by atoms with Gasteiger partial charge in [-0.3, -0.25) is 14.9 Å². The van der Waals surface area contributed by atoms with Gasteiger partial charge < -0.3 is 25.4 Å². The lowest BCUT2D eigenvalue weighted by Crippen LogP contribution is -2.29. The van der Waals surface area contributed by atoms with Crippen LogP contribution in [0.4, 0.5) is 23.0 Å². The van der Waals surface area contributed by atoms with Crippen LogP contribution in [-0.2, 0) is 7.05 Å². The number of primary amides is 1. The van der Waals surface area contributed by atoms with Gasteiger partial charge in [0.25, 0.3) is 11.6 Å². The Kier molecular flexibility index (Phi) is 8.32. The van der Waals surface area contributed by atoms with E-state index in [0.29, 0.717) is 34.9 Å². The van der Waals surface area contributed by atoms with E-state index in [0.717, 1.165) is 23.0 Å². The first-order chi connectivity index (χ1) is 17.6. The van der Waals surface area contributed by atoms with E-state index >= 15 is 0 Å². The van der Waals surface area contributed by atoms with Gasteiger partial charge in [-0.15, -0.1) is 0 Å². The molecule has 4 rings (SSSR count). The van der Waals surface area contributed by atoms with Gasteiger partial charge in [0.1, 0.15) is 11.4 Å². The number of aryl methyl sites for hydroxylation is 2. The first kappa shape index (κ1) is 28.1. The maximum atomic E-state index is 12.4. The minimum absolute atomic E-state index is 0. The van der Waals surface area contributed by atoms with E-state index in [1.54, 1.807) is 29.9 Å². The molecule has 0 aliphatic heterocycles. The maximum absolute atomic E-state index is 12.4. The van der Waals surface area contributed by atoms with Crippen LogP contribution >= 0.6 is 0 Å². The Morgan fingerprint density at radius 3 is 2.53 bits per heavy atom. The van der Waals surface area contributed by atoms with Gasteiger partial charge in [0, 0.05) is 55.9 Å². The first-order valence-corrected chi connectivity index (χ1v) is 11.7. The minimum atomic E-state index is -0.567. The number of likely N-dealkylation sites (N-methyl/N-ethyl adjacent to an activating group) is 2. The van der Waals surface area contributed by atoms with Gasteiger partial charge in [-0.25, -0.2) is 9.97 Å². The molecule has 38 heavy (non-hydrogen) atoms. The monoisotopic (exact) mass is 518 g/mol. The molecule has 2 aromatic heterocycles. The molecule has 11 heteroatoms. The van der Waals surface area contributed by atoms with Crippen molar-refractivity contribution in [3.8, 4) is 11.3 Å². The van der Waals surface area contributed by atoms with Crippen molar-refractivity contribution in [3.63, 3.8) is 0 Å². The number of fused-ring (bicyclic) bond motifs is 1. The van der Waals surface area contributed by atoms with E-state index in [9.17, 15) is 14.9 Å². The number of carbonyl (C=O) groups excluding carboxylic acids is 1. The van der Waals surface area contributed by atoms with Crippen LogP contribution in [0.15, 0.2) is 48.7 Å². The molecule has 0 atom stereocenters. The quantitative estimate of drug-likeness (QED) is 0.247. The lowest BCUT2D eigenvalue weighted by atomic mass is 10.1. The molecular formula is C27H34N8O3. The Hall–Kier alpha value is -4.51. The fourth-order valence-corrected chi connectivity index (χ4v) is 4.36. The predicted molar refractivity (Wildman–Crippen MR) is 152 cm³/mol. The molecule has 0 saturated heterocycles. The van der Waals surface area contributed by atoms with Crippen LogP contribution in [0.2, 0.25) is 0 Å². The highest BCUT2D eigenvalue weighted by molar-refractivity contribution is 6.09. The molecule has 0 radical (unpaired) electrons. The zero-order valence-corrected chi connectivity index (χ0v) is 21.5. The van der Waals surface area contributed by atoms with Gasteiger partial charge >= 0.3 is 0 Å². The van der Waals surface area contributed by atoms with Crippen molar-refractivity contribution in [1.29, 1.82) is 0 Å². The van der Waals surface area contributed by atoms with Crippen molar-refractivity contribution >= 4 is 39.8 Å². The zero-order chi connectivity index (χ0) is 26.9. The Balaban J connectivity index is 0.00000400. The van der Waals surface area contributed by atoms with Gasteiger partial charge in [-0.05, 0) is 44.8 Å². The normalized spacial score (nSPS) is 10.9. The highest BCUT2D eigenvalue weighted by Gasteiger charge is 2.23. The molecule has 2 aromatic carbocycles. The zero-order valence-electron chi connectivity index (χ0n) is 21.5. The number of benzene rings is 2. The molecule has 0 unspecified atom stereocenters. The highest BCUT2D eigenvalue weighted by Crippen LogP contribution is 2.36. The number of para-hydroxylation sites is 1. The smallest absolute Gasteiger partial charge is 0.294 e. The van der Waals surface area contributed by atoms with Crippen molar-refractivity contribution in [2.45, 2.75) is 14.4 Å². The number of nitrogens with one attached hydrogen (secondary N) is 1. The molecule has 3 N–H and O–H groups in total. The molecule has 0 bridgehead atoms. The Bertz CT molecular complexity index is 1500. The van der Waals surface area contributed by atoms with E-state index in [4.69, 9.17) is 5.73 Å². The summed E-state index contributed by atoms with van der Waals surface area (Å²) in [5.41, 5.74) is 9.86. The second-order valence-corrected chi connectivity index (χ2v) is 9.19. The van der Waals surface area contributed by atoms with Crippen LogP contribution in [0.5, 0.6) is 0 Å². The predicted octanol–water partition coefficient (Wildman–Crippen LogP) is 4.33. The van der Waals surface area contributed by atoms with Gasteiger partial charge in [0.05, 0.1) is 16.3 Å². The van der Waals surface area contributed by atoms with Crippen molar-refractivity contribution in [3.05, 3.63) is 70.0 Å². The number of nitro benzene ring substituents is 1. The molecule has 0 aliphatic rings. The topological polar surface area (TPSA) is 135 Å². The summed E-state index contributed by atoms with van der Waals surface area (Å²) < 4.78 is 1.75. The van der Waals surface area contributed by atoms with Crippen LogP contribution in [0.1, 0.15) is 23.5 Å². The molecule has 11 nitrogen and oxygen atoms in total. The lowest BCUT2D eigenvalue weighted by Gasteiger charge is -2.22. The van der Waals surface area contributed by atoms with E-state index in [1.165, 1.54) is 6.07 Å². The van der Waals surface area contributed by atoms with E-state index in [2.05, 4.69) is 15.3 Å². The Labute approximate surface area is 222 Å². The summed E-state index contributed by atoms with van der Waals surface area (Å²) in [4.78, 5) is 36.7. The number of hydrogen-bond donors (Lipinski definition) is 2. The van der Waals surface area contributed by atoms with Crippen LogP contribution in [0.25, 0.3) is 22.2 Å². The van der Waals surface area contributed by atoms with Gasteiger partial charge in [0.15, 0.2) is 0 Å². The number of amides is 1. The fourth-order valence-electron chi connectivity index (χ4n) is 4.36. The third kappa shape index (κ3) is 5.42. The molecule has 0 fully saturated rings. The number of aromatic nitrogens is 3. The third-order valence-corrected chi connectivity index (χ3v) is 6.31. The SMILES string of the molecule is C.Cc1cc(N(C)CCN(C)C)c([N+](=O)[O-])cc1Nc1nccc(-c2c(C(N)=O)n(C)c3ccccc23)n1. The summed E-state index contributed by atoms with van der Waals surface area (Å²) in [6.45, 7) is 3.27. The number of nitro groups is 1. The molecule has 0 aliphatic carbocycles. The van der Waals surface area contributed by atoms with Crippen molar-refractivity contribution < 1.29 is 9.72 Å². The summed E-state index contributed by atoms with van der Waals surface area (Å²) in [6, 6.07) is 12.6. The lowest BCUT2D eigenvalue weighted by molar-refractivity contribution is -0.384. The maximum Gasteiger partial charge on any atom is 0.294 e. The molecule has 0 spiro atoms. The summed E-state index contributed by atoms with van der Waals surface area (Å²) in [5, 5.41) is 15.9. The molecule has 200 valence electrons. The minimum Gasteiger partial charge on any atom is -0.368 e. The summed E-state index contributed by atoms with van der Waals surface area (Å²) in [5.74, 6) is -0.325. The standard InChI is InChI=1S/C26H30N8O3.CH4/c1-16-14-21(32(4)13-12-31(2)3)22(34(36)37)15-19(16)30-26-28-11-10-18(29-26)23-17-8-6-7-9-20(17)33(5)24(23)25(27)35;/h6-11,14-15H,12-13H2,1-5H3,(H2,27,35)(H,28,29,30);1H4. The second-order valence-electron chi connectivity index (χ2n) is 9.19. The van der Waals surface area contributed by atoms with Crippen LogP contribution < -0.4 is 16.0 Å². The highest BCUT2D eigenvalue weighted by atomic mass is 16.6. The number of nitrogens with two attached hydrogens (primary N) is 1. The summed E-state index contributed by atoms with van der Waals surface area (Å²) >= 11 is 0. The largest absolute Gasteiger partial charge is 0.368 e. The molecule has 2 heterocycles. The number of carbonyl (C=O) groups is 1. The van der Waals surface area contributed by atoms with Crippen molar-refractivity contribution in [1.82, 2.24) is 19.4 Å². The van der Waals surface area contributed by atoms with E-state index in [-0.39, 0.29) is 19.1 Å². The number of nitrogens with zero attached hydrogens (tertiary/aromatic N) is 6. The molecule has 0 saturated carbocycles. The molecule has 4 aromatic rings. The Morgan fingerprint density at radius 1 is 1.16 bits per heavy atom. The average Bonchev–Trinajstić information content (AvgIpc) is 3.16. The van der Waals surface area contributed by atoms with Crippen molar-refractivity contribution in [2.75, 3.05) is 44.4 Å². The van der Waals surface area contributed by atoms with Gasteiger partial charge in [-0.1, -0.05) is 25.6 Å². The summed E-state index contributed by atoms with van der Waals surface area (Å²) in [6.07, 6.45) is 1.57. The van der Waals surface area contributed by atoms with Crippen LogP contribution in [0.3, 0.4) is 0 Å².